The van der Waals surface area contributed by atoms with Crippen molar-refractivity contribution in [1.29, 1.82) is 0 Å². The molecule has 0 radical (unpaired) electrons. The van der Waals surface area contributed by atoms with Gasteiger partial charge in [0.15, 0.2) is 0 Å². The molecule has 0 unspecified atom stereocenters. The van der Waals surface area contributed by atoms with Crippen LogP contribution in [0.25, 0.3) is 6.08 Å². The Hall–Kier alpha value is -2.15. The summed E-state index contributed by atoms with van der Waals surface area (Å²) < 4.78 is 0. The topological polar surface area (TPSA) is 109 Å². The van der Waals surface area contributed by atoms with Crippen LogP contribution >= 0.6 is 11.3 Å². The number of primary amides is 1. The number of rotatable bonds is 6. The third-order valence-electron chi connectivity index (χ3n) is 2.92. The summed E-state index contributed by atoms with van der Waals surface area (Å²) in [6, 6.07) is 1.68. The molecule has 1 aromatic heterocycles. The summed E-state index contributed by atoms with van der Waals surface area (Å²) in [5.74, 6) is -1.85. The highest BCUT2D eigenvalue weighted by Gasteiger charge is 2.26. The number of aliphatic carboxylic acids is 1. The van der Waals surface area contributed by atoms with Crippen molar-refractivity contribution in [2.75, 3.05) is 6.54 Å². The van der Waals surface area contributed by atoms with E-state index in [4.69, 9.17) is 10.8 Å². The molecule has 0 aliphatic heterocycles. The summed E-state index contributed by atoms with van der Waals surface area (Å²) in [6.07, 6.45) is 2.48. The Kier molecular flexibility index (Phi) is 5.26. The third kappa shape index (κ3) is 4.71. The number of carbonyl (C=O) groups is 3. The minimum atomic E-state index is -1.04. The molecule has 0 bridgehead atoms. The monoisotopic (exact) mass is 310 g/mol. The van der Waals surface area contributed by atoms with Gasteiger partial charge in [0, 0.05) is 17.5 Å². The van der Waals surface area contributed by atoms with Gasteiger partial charge in [-0.1, -0.05) is 0 Å². The van der Waals surface area contributed by atoms with E-state index < -0.39 is 17.3 Å². The molecule has 114 valence electrons. The van der Waals surface area contributed by atoms with Gasteiger partial charge in [-0.25, -0.2) is 4.79 Å². The predicted molar refractivity (Wildman–Crippen MR) is 81.0 cm³/mol. The third-order valence-corrected chi connectivity index (χ3v) is 4.12. The van der Waals surface area contributed by atoms with Gasteiger partial charge in [0.05, 0.1) is 10.3 Å². The zero-order chi connectivity index (χ0) is 16.2. The first-order valence-corrected chi connectivity index (χ1v) is 7.04. The van der Waals surface area contributed by atoms with Crippen LogP contribution in [0.5, 0.6) is 0 Å². The molecular weight excluding hydrogens is 292 g/mol. The molecule has 0 saturated heterocycles. The SMILES string of the molecule is Cc1cc(C(=O)NCC(C)(C)C(N)=O)sc1/C=C/C(=O)O. The Balaban J connectivity index is 2.78. The average molecular weight is 310 g/mol. The summed E-state index contributed by atoms with van der Waals surface area (Å²) in [5.41, 5.74) is 5.23. The molecule has 0 aliphatic rings. The molecule has 6 nitrogen and oxygen atoms in total. The molecule has 1 aromatic rings. The molecule has 1 rings (SSSR count). The highest BCUT2D eigenvalue weighted by molar-refractivity contribution is 7.15. The molecule has 0 fully saturated rings. The molecule has 0 atom stereocenters. The Morgan fingerprint density at radius 1 is 1.43 bits per heavy atom. The zero-order valence-corrected chi connectivity index (χ0v) is 12.9. The minimum absolute atomic E-state index is 0.137. The summed E-state index contributed by atoms with van der Waals surface area (Å²) in [6.45, 7) is 5.23. The van der Waals surface area contributed by atoms with E-state index in [1.54, 1.807) is 26.8 Å². The number of carboxylic acid groups (broad SMARTS) is 1. The fourth-order valence-electron chi connectivity index (χ4n) is 1.40. The largest absolute Gasteiger partial charge is 0.478 e. The lowest BCUT2D eigenvalue weighted by molar-refractivity contribution is -0.131. The van der Waals surface area contributed by atoms with E-state index in [-0.39, 0.29) is 12.5 Å². The predicted octanol–water partition coefficient (Wildman–Crippen LogP) is 1.40. The fourth-order valence-corrected chi connectivity index (χ4v) is 2.39. The van der Waals surface area contributed by atoms with Crippen molar-refractivity contribution < 1.29 is 19.5 Å². The number of hydrogen-bond donors (Lipinski definition) is 3. The molecule has 0 spiro atoms. The fraction of sp³-hybridized carbons (Fsp3) is 0.357. The molecular formula is C14H18N2O4S. The minimum Gasteiger partial charge on any atom is -0.478 e. The second kappa shape index (κ2) is 6.53. The maximum absolute atomic E-state index is 12.0. The lowest BCUT2D eigenvalue weighted by Gasteiger charge is -2.20. The quantitative estimate of drug-likeness (QED) is 0.690. The second-order valence-electron chi connectivity index (χ2n) is 5.26. The van der Waals surface area contributed by atoms with Crippen molar-refractivity contribution in [3.63, 3.8) is 0 Å². The van der Waals surface area contributed by atoms with Crippen LogP contribution in [0.2, 0.25) is 0 Å². The number of aryl methyl sites for hydroxylation is 1. The summed E-state index contributed by atoms with van der Waals surface area (Å²) in [5, 5.41) is 11.3. The number of amides is 2. The molecule has 0 aliphatic carbocycles. The number of hydrogen-bond acceptors (Lipinski definition) is 4. The highest BCUT2D eigenvalue weighted by atomic mass is 32.1. The van der Waals surface area contributed by atoms with Gasteiger partial charge in [0.1, 0.15) is 0 Å². The summed E-state index contributed by atoms with van der Waals surface area (Å²) in [4.78, 5) is 34.9. The van der Waals surface area contributed by atoms with Crippen LogP contribution < -0.4 is 11.1 Å². The number of nitrogens with two attached hydrogens (primary N) is 1. The van der Waals surface area contributed by atoms with Crippen molar-refractivity contribution in [3.05, 3.63) is 27.5 Å². The van der Waals surface area contributed by atoms with E-state index in [0.29, 0.717) is 9.75 Å². The van der Waals surface area contributed by atoms with E-state index in [1.807, 2.05) is 0 Å². The molecule has 2 amide bonds. The van der Waals surface area contributed by atoms with Gasteiger partial charge >= 0.3 is 5.97 Å². The Morgan fingerprint density at radius 3 is 2.57 bits per heavy atom. The number of carbonyl (C=O) groups excluding carboxylic acids is 2. The first-order chi connectivity index (χ1) is 9.63. The van der Waals surface area contributed by atoms with Gasteiger partial charge in [-0.3, -0.25) is 9.59 Å². The van der Waals surface area contributed by atoms with Crippen molar-refractivity contribution >= 4 is 35.2 Å². The van der Waals surface area contributed by atoms with Crippen molar-refractivity contribution in [3.8, 4) is 0 Å². The van der Waals surface area contributed by atoms with Crippen LogP contribution in [0.15, 0.2) is 12.1 Å². The van der Waals surface area contributed by atoms with E-state index in [0.717, 1.165) is 11.6 Å². The maximum Gasteiger partial charge on any atom is 0.328 e. The molecule has 7 heteroatoms. The van der Waals surface area contributed by atoms with Crippen molar-refractivity contribution in [2.24, 2.45) is 11.1 Å². The van der Waals surface area contributed by atoms with Crippen LogP contribution in [0.4, 0.5) is 0 Å². The molecule has 1 heterocycles. The molecule has 0 saturated carbocycles. The van der Waals surface area contributed by atoms with Crippen LogP contribution in [0, 0.1) is 12.3 Å². The van der Waals surface area contributed by atoms with Crippen molar-refractivity contribution in [1.82, 2.24) is 5.32 Å². The molecule has 0 aromatic carbocycles. The lowest BCUT2D eigenvalue weighted by atomic mass is 9.93. The average Bonchev–Trinajstić information content (AvgIpc) is 2.75. The van der Waals surface area contributed by atoms with Crippen LogP contribution in [0.1, 0.15) is 34.0 Å². The van der Waals surface area contributed by atoms with E-state index >= 15 is 0 Å². The summed E-state index contributed by atoms with van der Waals surface area (Å²) >= 11 is 1.19. The normalized spacial score (nSPS) is 11.6. The van der Waals surface area contributed by atoms with Gasteiger partial charge < -0.3 is 16.2 Å². The Bertz CT molecular complexity index is 602. The molecule has 4 N–H and O–H groups in total. The highest BCUT2D eigenvalue weighted by Crippen LogP contribution is 2.23. The van der Waals surface area contributed by atoms with E-state index in [2.05, 4.69) is 5.32 Å². The lowest BCUT2D eigenvalue weighted by Crippen LogP contribution is -2.42. The van der Waals surface area contributed by atoms with E-state index in [1.165, 1.54) is 17.4 Å². The number of carboxylic acids is 1. The smallest absolute Gasteiger partial charge is 0.328 e. The Labute approximate surface area is 126 Å². The number of thiophene rings is 1. The maximum atomic E-state index is 12.0. The summed E-state index contributed by atoms with van der Waals surface area (Å²) in [7, 11) is 0. The van der Waals surface area contributed by atoms with Gasteiger partial charge in [0.25, 0.3) is 5.91 Å². The van der Waals surface area contributed by atoms with Crippen LogP contribution in [-0.4, -0.2) is 29.4 Å². The second-order valence-corrected chi connectivity index (χ2v) is 6.34. The molecule has 21 heavy (non-hydrogen) atoms. The Morgan fingerprint density at radius 2 is 2.05 bits per heavy atom. The number of nitrogens with one attached hydrogen (secondary N) is 1. The van der Waals surface area contributed by atoms with Gasteiger partial charge in [0.2, 0.25) is 5.91 Å². The zero-order valence-electron chi connectivity index (χ0n) is 12.1. The van der Waals surface area contributed by atoms with Gasteiger partial charge in [-0.15, -0.1) is 11.3 Å². The standard InChI is InChI=1S/C14H18N2O4S/c1-8-6-10(21-9(8)4-5-11(17)18)12(19)16-7-14(2,3)13(15)20/h4-6H,7H2,1-3H3,(H2,15,20)(H,16,19)(H,17,18)/b5-4+. The van der Waals surface area contributed by atoms with Gasteiger partial charge in [-0.2, -0.15) is 0 Å². The first-order valence-electron chi connectivity index (χ1n) is 6.23. The van der Waals surface area contributed by atoms with Crippen LogP contribution in [0.3, 0.4) is 0 Å². The van der Waals surface area contributed by atoms with E-state index in [9.17, 15) is 14.4 Å². The van der Waals surface area contributed by atoms with Crippen LogP contribution in [-0.2, 0) is 9.59 Å². The van der Waals surface area contributed by atoms with Crippen molar-refractivity contribution in [2.45, 2.75) is 20.8 Å². The first kappa shape index (κ1) is 16.9. The van der Waals surface area contributed by atoms with Gasteiger partial charge in [-0.05, 0) is 38.5 Å².